The molecule has 1 aliphatic carbocycles. The van der Waals surface area contributed by atoms with Crippen molar-refractivity contribution in [3.05, 3.63) is 21.3 Å². The van der Waals surface area contributed by atoms with E-state index >= 15 is 0 Å². The maximum Gasteiger partial charge on any atom is 0.0931 e. The SMILES string of the molecule is CC1CC(C)CC(CN)(N(C)Cc2ccc(Cl)s2)C1. The lowest BCUT2D eigenvalue weighted by molar-refractivity contribution is 0.0340. The second-order valence-corrected chi connectivity index (χ2v) is 8.14. The van der Waals surface area contributed by atoms with E-state index in [0.29, 0.717) is 0 Å². The quantitative estimate of drug-likeness (QED) is 0.911. The molecule has 4 heteroatoms. The first-order valence-corrected chi connectivity index (χ1v) is 8.30. The van der Waals surface area contributed by atoms with Crippen LogP contribution in [0.1, 0.15) is 38.0 Å². The Kier molecular flexibility index (Phi) is 4.93. The minimum absolute atomic E-state index is 0.160. The Morgan fingerprint density at radius 3 is 2.47 bits per heavy atom. The molecule has 1 aromatic rings. The Labute approximate surface area is 125 Å². The maximum absolute atomic E-state index is 6.16. The summed E-state index contributed by atoms with van der Waals surface area (Å²) >= 11 is 7.69. The molecular formula is C15H25ClN2S. The van der Waals surface area contributed by atoms with Gasteiger partial charge < -0.3 is 5.73 Å². The van der Waals surface area contributed by atoms with E-state index < -0.39 is 0 Å². The number of hydrogen-bond acceptors (Lipinski definition) is 3. The van der Waals surface area contributed by atoms with Gasteiger partial charge in [-0.3, -0.25) is 4.90 Å². The van der Waals surface area contributed by atoms with Gasteiger partial charge in [0.2, 0.25) is 0 Å². The molecule has 0 amide bonds. The van der Waals surface area contributed by atoms with Crippen LogP contribution in [0.4, 0.5) is 0 Å². The number of thiophene rings is 1. The van der Waals surface area contributed by atoms with E-state index in [-0.39, 0.29) is 5.54 Å². The smallest absolute Gasteiger partial charge is 0.0931 e. The van der Waals surface area contributed by atoms with Gasteiger partial charge in [0, 0.05) is 23.5 Å². The van der Waals surface area contributed by atoms with Crippen molar-refractivity contribution in [3.63, 3.8) is 0 Å². The zero-order valence-corrected chi connectivity index (χ0v) is 13.7. The second kappa shape index (κ2) is 6.13. The lowest BCUT2D eigenvalue weighted by Crippen LogP contribution is -2.55. The third-order valence-corrected chi connectivity index (χ3v) is 5.69. The van der Waals surface area contributed by atoms with Gasteiger partial charge in [-0.05, 0) is 50.3 Å². The molecular weight excluding hydrogens is 276 g/mol. The summed E-state index contributed by atoms with van der Waals surface area (Å²) in [6.45, 7) is 6.41. The number of nitrogens with two attached hydrogens (primary N) is 1. The van der Waals surface area contributed by atoms with E-state index in [9.17, 15) is 0 Å². The first kappa shape index (κ1) is 15.3. The average Bonchev–Trinajstić information content (AvgIpc) is 2.73. The van der Waals surface area contributed by atoms with Crippen LogP contribution in [0.15, 0.2) is 12.1 Å². The highest BCUT2D eigenvalue weighted by atomic mass is 35.5. The molecule has 2 unspecified atom stereocenters. The van der Waals surface area contributed by atoms with E-state index in [1.165, 1.54) is 24.1 Å². The molecule has 1 heterocycles. The predicted molar refractivity (Wildman–Crippen MR) is 84.8 cm³/mol. The summed E-state index contributed by atoms with van der Waals surface area (Å²) in [5.41, 5.74) is 6.32. The summed E-state index contributed by atoms with van der Waals surface area (Å²) in [5, 5.41) is 0. The Bertz CT molecular complexity index is 408. The topological polar surface area (TPSA) is 29.3 Å². The van der Waals surface area contributed by atoms with Crippen molar-refractivity contribution in [1.29, 1.82) is 0 Å². The molecule has 0 radical (unpaired) electrons. The average molecular weight is 301 g/mol. The van der Waals surface area contributed by atoms with Crippen LogP contribution in [0.5, 0.6) is 0 Å². The van der Waals surface area contributed by atoms with E-state index in [4.69, 9.17) is 17.3 Å². The molecule has 0 aromatic carbocycles. The monoisotopic (exact) mass is 300 g/mol. The zero-order valence-electron chi connectivity index (χ0n) is 12.2. The van der Waals surface area contributed by atoms with Crippen LogP contribution in [0, 0.1) is 11.8 Å². The molecule has 2 N–H and O–H groups in total. The normalized spacial score (nSPS) is 31.9. The highest BCUT2D eigenvalue weighted by Gasteiger charge is 2.39. The summed E-state index contributed by atoms with van der Waals surface area (Å²) < 4.78 is 0.871. The molecule has 0 bridgehead atoms. The van der Waals surface area contributed by atoms with Crippen molar-refractivity contribution in [3.8, 4) is 0 Å². The highest BCUT2D eigenvalue weighted by Crippen LogP contribution is 2.39. The van der Waals surface area contributed by atoms with Crippen molar-refractivity contribution in [2.24, 2.45) is 17.6 Å². The summed E-state index contributed by atoms with van der Waals surface area (Å²) in [4.78, 5) is 3.78. The Morgan fingerprint density at radius 1 is 1.37 bits per heavy atom. The van der Waals surface area contributed by atoms with Gasteiger partial charge in [-0.1, -0.05) is 25.4 Å². The summed E-state index contributed by atoms with van der Waals surface area (Å²) in [6.07, 6.45) is 3.76. The van der Waals surface area contributed by atoms with E-state index in [2.05, 4.69) is 31.9 Å². The number of halogens is 1. The standard InChI is InChI=1S/C15H25ClN2S/c1-11-6-12(2)8-15(7-11,10-17)18(3)9-13-4-5-14(16)19-13/h4-5,11-12H,6-10,17H2,1-3H3. The number of rotatable bonds is 4. The molecule has 1 aromatic heterocycles. The van der Waals surface area contributed by atoms with Crippen LogP contribution < -0.4 is 5.73 Å². The zero-order chi connectivity index (χ0) is 14.0. The van der Waals surface area contributed by atoms with Gasteiger partial charge in [-0.2, -0.15) is 0 Å². The van der Waals surface area contributed by atoms with Gasteiger partial charge in [0.25, 0.3) is 0 Å². The fourth-order valence-corrected chi connectivity index (χ4v) is 4.85. The lowest BCUT2D eigenvalue weighted by Gasteiger charge is -2.48. The minimum Gasteiger partial charge on any atom is -0.329 e. The molecule has 108 valence electrons. The molecule has 2 atom stereocenters. The highest BCUT2D eigenvalue weighted by molar-refractivity contribution is 7.16. The molecule has 0 aliphatic heterocycles. The van der Waals surface area contributed by atoms with Gasteiger partial charge in [0.05, 0.1) is 4.34 Å². The number of likely N-dealkylation sites (N-methyl/N-ethyl adjacent to an activating group) is 1. The van der Waals surface area contributed by atoms with Crippen LogP contribution in [0.3, 0.4) is 0 Å². The van der Waals surface area contributed by atoms with Gasteiger partial charge in [0.15, 0.2) is 0 Å². The summed E-state index contributed by atoms with van der Waals surface area (Å²) in [5.74, 6) is 1.53. The molecule has 0 saturated heterocycles. The molecule has 2 rings (SSSR count). The number of nitrogens with zero attached hydrogens (tertiary/aromatic N) is 1. The number of hydrogen-bond donors (Lipinski definition) is 1. The van der Waals surface area contributed by atoms with Gasteiger partial charge >= 0.3 is 0 Å². The van der Waals surface area contributed by atoms with Crippen LogP contribution in [-0.4, -0.2) is 24.0 Å². The van der Waals surface area contributed by atoms with Gasteiger partial charge in [-0.25, -0.2) is 0 Å². The molecule has 1 saturated carbocycles. The van der Waals surface area contributed by atoms with Gasteiger partial charge in [-0.15, -0.1) is 11.3 Å². The van der Waals surface area contributed by atoms with Crippen molar-refractivity contribution in [1.82, 2.24) is 4.90 Å². The Morgan fingerprint density at radius 2 is 2.00 bits per heavy atom. The predicted octanol–water partition coefficient (Wildman–Crippen LogP) is 3.99. The first-order chi connectivity index (χ1) is 8.95. The summed E-state index contributed by atoms with van der Waals surface area (Å²) in [6, 6.07) is 4.11. The first-order valence-electron chi connectivity index (χ1n) is 7.11. The van der Waals surface area contributed by atoms with E-state index in [1.54, 1.807) is 11.3 Å². The molecule has 0 spiro atoms. The Balaban J connectivity index is 2.11. The molecule has 1 fully saturated rings. The largest absolute Gasteiger partial charge is 0.329 e. The van der Waals surface area contributed by atoms with E-state index in [0.717, 1.165) is 29.3 Å². The fourth-order valence-electron chi connectivity index (χ4n) is 3.71. The molecule has 1 aliphatic rings. The van der Waals surface area contributed by atoms with Crippen molar-refractivity contribution in [2.45, 2.75) is 45.2 Å². The summed E-state index contributed by atoms with van der Waals surface area (Å²) in [7, 11) is 2.21. The van der Waals surface area contributed by atoms with Crippen LogP contribution in [0.25, 0.3) is 0 Å². The Hall–Kier alpha value is -0.0900. The second-order valence-electron chi connectivity index (χ2n) is 6.34. The lowest BCUT2D eigenvalue weighted by atomic mass is 9.71. The molecule has 2 nitrogen and oxygen atoms in total. The van der Waals surface area contributed by atoms with Crippen molar-refractivity contribution >= 4 is 22.9 Å². The van der Waals surface area contributed by atoms with Crippen LogP contribution >= 0.6 is 22.9 Å². The van der Waals surface area contributed by atoms with Crippen LogP contribution in [-0.2, 0) is 6.54 Å². The van der Waals surface area contributed by atoms with Crippen LogP contribution in [0.2, 0.25) is 4.34 Å². The molecule has 19 heavy (non-hydrogen) atoms. The third-order valence-electron chi connectivity index (χ3n) is 4.47. The third kappa shape index (κ3) is 3.52. The maximum atomic E-state index is 6.16. The minimum atomic E-state index is 0.160. The van der Waals surface area contributed by atoms with Gasteiger partial charge in [0.1, 0.15) is 0 Å². The van der Waals surface area contributed by atoms with Crippen molar-refractivity contribution < 1.29 is 0 Å². The van der Waals surface area contributed by atoms with E-state index in [1.807, 2.05) is 6.07 Å². The van der Waals surface area contributed by atoms with Crippen molar-refractivity contribution in [2.75, 3.05) is 13.6 Å². The fraction of sp³-hybridized carbons (Fsp3) is 0.733.